The normalized spacial score (nSPS) is 18.8. The molecule has 4 atom stereocenters. The van der Waals surface area contributed by atoms with E-state index in [1.807, 2.05) is 109 Å². The number of nitrogen functional groups attached to an aromatic ring is 2. The zero-order chi connectivity index (χ0) is 70.0. The predicted octanol–water partition coefficient (Wildman–Crippen LogP) is 8.41. The SMILES string of the molecule is COCOc1ccccc1B(C)O.Cc1ccccc1-c1cc(N2CC3CCC(C2)N3c2ccnc(OCCN3CCN(C(=O)OCc4ccccc4)CC3)c2)c(N)nn1.Nc1nnc(Cl)cc1N1CC2CCC(C1)N2c1ccnc(OCCN2CCN(C(=O)OCc3ccccc3)CC2)c1. The van der Waals surface area contributed by atoms with Crippen LogP contribution in [0.25, 0.3) is 11.3 Å². The summed E-state index contributed by atoms with van der Waals surface area (Å²) in [5, 5.41) is 26.3. The predicted molar refractivity (Wildman–Crippen MR) is 392 cm³/mol. The van der Waals surface area contributed by atoms with Crippen molar-refractivity contribution in [3.8, 4) is 28.8 Å². The van der Waals surface area contributed by atoms with Crippen LogP contribution in [0.5, 0.6) is 17.5 Å². The number of halogens is 1. The zero-order valence-corrected chi connectivity index (χ0v) is 58.4. The number of aryl methyl sites for hydroxylation is 1. The number of piperazine rings is 4. The van der Waals surface area contributed by atoms with Gasteiger partial charge in [0.15, 0.2) is 23.6 Å². The average molecular weight is 1390 g/mol. The van der Waals surface area contributed by atoms with Gasteiger partial charge in [0, 0.05) is 170 Å². The Kier molecular flexibility index (Phi) is 24.3. The van der Waals surface area contributed by atoms with Crippen LogP contribution in [0.4, 0.5) is 44.0 Å². The summed E-state index contributed by atoms with van der Waals surface area (Å²) >= 11 is 6.10. The standard InChI is InChI=1S/C36H42N8O3.C29H35ClN8O3.C9H13BO3/c1-26-7-5-6-10-31(26)32-22-33(35(37)40-39-32)43-23-29-11-12-30(24-43)44(29)28-13-14-38-34(21-28)46-20-19-41-15-17-42(18-16-41)36(45)47-25-27-8-3-2-4-9-27;30-26-17-25(28(31)34-33-26)37-18-23-6-7-24(19-37)38(23)22-8-9-32-27(16-22)40-15-14-35-10-12-36(13-11-35)29(39)41-20-21-4-2-1-3-5-21;1-10(11)8-5-3-4-6-9(8)13-7-12-2/h2-10,13-14,21-22,29-30H,11-12,15-20,23-25H2,1H3,(H2,37,40);1-5,8-9,16-17,23-24H,6-7,10-15,18-20H2,(H2,31,34);3-6,11H,7H2,1-2H3. The number of hydrogen-bond donors (Lipinski definition) is 3. The molecule has 0 spiro atoms. The van der Waals surface area contributed by atoms with Crippen LogP contribution in [-0.4, -0.2) is 217 Å². The van der Waals surface area contributed by atoms with Gasteiger partial charge in [-0.25, -0.2) is 19.6 Å². The first-order valence-electron chi connectivity index (χ1n) is 34.8. The van der Waals surface area contributed by atoms with Crippen LogP contribution in [-0.2, 0) is 27.4 Å². The number of pyridine rings is 2. The van der Waals surface area contributed by atoms with Gasteiger partial charge in [-0.2, -0.15) is 0 Å². The molecule has 0 aliphatic carbocycles. The van der Waals surface area contributed by atoms with Crippen molar-refractivity contribution in [2.24, 2.45) is 0 Å². The number of anilines is 6. The van der Waals surface area contributed by atoms with Crippen LogP contribution in [0.15, 0.2) is 158 Å². The Labute approximate surface area is 595 Å². The lowest BCUT2D eigenvalue weighted by atomic mass is 9.64. The second-order valence-corrected chi connectivity index (χ2v) is 26.4. The van der Waals surface area contributed by atoms with E-state index in [9.17, 15) is 14.6 Å². The molecule has 0 saturated carbocycles. The Morgan fingerprint density at radius 3 is 1.50 bits per heavy atom. The number of nitrogens with zero attached hydrogens (tertiary/aromatic N) is 14. The summed E-state index contributed by atoms with van der Waals surface area (Å²) in [7, 11) is 1.56. The number of hydrogen-bond acceptors (Lipinski definition) is 23. The molecule has 5 N–H and O–H groups in total. The van der Waals surface area contributed by atoms with Gasteiger partial charge in [-0.1, -0.05) is 122 Å². The summed E-state index contributed by atoms with van der Waals surface area (Å²) in [5.41, 5.74) is 22.4. The zero-order valence-electron chi connectivity index (χ0n) is 57.7. The van der Waals surface area contributed by atoms with Crippen LogP contribution in [0.1, 0.15) is 42.4 Å². The number of aromatic nitrogens is 6. The van der Waals surface area contributed by atoms with Gasteiger partial charge < -0.3 is 74.3 Å². The fourth-order valence-corrected chi connectivity index (χ4v) is 14.3. The van der Waals surface area contributed by atoms with Gasteiger partial charge >= 0.3 is 19.1 Å². The number of amides is 2. The number of benzene rings is 4. The van der Waals surface area contributed by atoms with Crippen molar-refractivity contribution in [3.63, 3.8) is 0 Å². The van der Waals surface area contributed by atoms with E-state index in [1.165, 1.54) is 0 Å². The molecule has 101 heavy (non-hydrogen) atoms. The quantitative estimate of drug-likeness (QED) is 0.0450. The van der Waals surface area contributed by atoms with Gasteiger partial charge in [0.05, 0.1) is 17.1 Å². The van der Waals surface area contributed by atoms with E-state index >= 15 is 0 Å². The molecule has 6 aliphatic heterocycles. The van der Waals surface area contributed by atoms with E-state index in [1.54, 1.807) is 35.9 Å². The molecule has 8 aromatic rings. The van der Waals surface area contributed by atoms with Crippen molar-refractivity contribution >= 4 is 70.6 Å². The van der Waals surface area contributed by atoms with Crippen LogP contribution in [0.3, 0.4) is 0 Å². The maximum atomic E-state index is 12.5. The van der Waals surface area contributed by atoms with Gasteiger partial charge in [0.2, 0.25) is 11.8 Å². The third kappa shape index (κ3) is 18.6. The molecule has 6 fully saturated rings. The van der Waals surface area contributed by atoms with Gasteiger partial charge in [-0.05, 0) is 79.0 Å². The molecular weight excluding hydrogens is 1300 g/mol. The molecule has 4 unspecified atom stereocenters. The Balaban J connectivity index is 0.000000163. The summed E-state index contributed by atoms with van der Waals surface area (Å²) < 4.78 is 33.2. The topological polar surface area (TPSA) is 265 Å². The van der Waals surface area contributed by atoms with E-state index in [-0.39, 0.29) is 19.0 Å². The van der Waals surface area contributed by atoms with Gasteiger partial charge in [0.25, 0.3) is 0 Å². The molecule has 27 heteroatoms. The lowest BCUT2D eigenvalue weighted by molar-refractivity contribution is 0.0518. The highest BCUT2D eigenvalue weighted by molar-refractivity contribution is 6.65. The maximum absolute atomic E-state index is 12.5. The van der Waals surface area contributed by atoms with Crippen molar-refractivity contribution in [3.05, 3.63) is 180 Å². The minimum absolute atomic E-state index is 0.198. The van der Waals surface area contributed by atoms with Crippen molar-refractivity contribution in [2.45, 2.75) is 76.8 Å². The van der Waals surface area contributed by atoms with Crippen molar-refractivity contribution < 1.29 is 43.0 Å². The molecule has 14 rings (SSSR count). The molecule has 4 bridgehead atoms. The van der Waals surface area contributed by atoms with E-state index in [0.29, 0.717) is 111 Å². The van der Waals surface area contributed by atoms with Crippen molar-refractivity contribution in [1.82, 2.24) is 50.0 Å². The average Bonchev–Trinajstić information content (AvgIpc) is 1.61. The smallest absolute Gasteiger partial charge is 0.410 e. The van der Waals surface area contributed by atoms with Crippen molar-refractivity contribution in [1.29, 1.82) is 0 Å². The fraction of sp³-hybridized carbons (Fsp3) is 0.405. The minimum Gasteiger partial charge on any atom is -0.476 e. The summed E-state index contributed by atoms with van der Waals surface area (Å²) in [5.74, 6) is 2.81. The summed E-state index contributed by atoms with van der Waals surface area (Å²) in [6.07, 6.45) is 7.60. The van der Waals surface area contributed by atoms with Gasteiger partial charge in [-0.3, -0.25) is 9.80 Å². The molecule has 4 aromatic heterocycles. The number of methoxy groups -OCH3 is 1. The molecule has 4 aromatic carbocycles. The highest BCUT2D eigenvalue weighted by Crippen LogP contribution is 2.41. The number of nitrogens with two attached hydrogens (primary N) is 2. The van der Waals surface area contributed by atoms with E-state index < -0.39 is 6.92 Å². The Morgan fingerprint density at radius 2 is 1.01 bits per heavy atom. The molecule has 10 heterocycles. The van der Waals surface area contributed by atoms with Crippen LogP contribution >= 0.6 is 11.6 Å². The second-order valence-electron chi connectivity index (χ2n) is 26.1. The fourth-order valence-electron chi connectivity index (χ4n) is 14.1. The van der Waals surface area contributed by atoms with Crippen LogP contribution in [0.2, 0.25) is 12.0 Å². The number of ether oxygens (including phenoxy) is 6. The van der Waals surface area contributed by atoms with Gasteiger partial charge in [0.1, 0.15) is 32.2 Å². The molecule has 6 saturated heterocycles. The first-order valence-corrected chi connectivity index (χ1v) is 35.1. The summed E-state index contributed by atoms with van der Waals surface area (Å²) in [6, 6.07) is 48.7. The summed E-state index contributed by atoms with van der Waals surface area (Å²) in [6.45, 7) is 15.8. The number of para-hydroxylation sites is 1. The van der Waals surface area contributed by atoms with Crippen molar-refractivity contribution in [2.75, 3.05) is 150 Å². The molecule has 2 amide bonds. The third-order valence-electron chi connectivity index (χ3n) is 19.4. The molecular formula is C74H90BClN16O9. The Morgan fingerprint density at radius 1 is 0.554 bits per heavy atom. The first-order chi connectivity index (χ1) is 49.3. The molecule has 25 nitrogen and oxygen atoms in total. The minimum atomic E-state index is -0.520. The molecule has 6 aliphatic rings. The van der Waals surface area contributed by atoms with E-state index in [4.69, 9.17) is 51.5 Å². The highest BCUT2D eigenvalue weighted by atomic mass is 35.5. The number of rotatable bonds is 21. The molecule has 0 radical (unpaired) electrons. The number of fused-ring (bicyclic) bond motifs is 4. The van der Waals surface area contributed by atoms with E-state index in [2.05, 4.69) is 103 Å². The van der Waals surface area contributed by atoms with Crippen LogP contribution < -0.4 is 50.7 Å². The molecule has 530 valence electrons. The largest absolute Gasteiger partial charge is 0.476 e. The number of carbonyl (C=O) groups is 2. The Hall–Kier alpha value is -9.73. The lowest BCUT2D eigenvalue weighted by Crippen LogP contribution is -2.54. The second kappa shape index (κ2) is 34.6. The van der Waals surface area contributed by atoms with Gasteiger partial charge in [-0.15, -0.1) is 20.4 Å². The first kappa shape index (κ1) is 71.1. The lowest BCUT2D eigenvalue weighted by Gasteiger charge is -2.43. The van der Waals surface area contributed by atoms with Crippen LogP contribution in [0, 0.1) is 6.92 Å². The Bertz CT molecular complexity index is 3970. The monoisotopic (exact) mass is 1390 g/mol. The summed E-state index contributed by atoms with van der Waals surface area (Å²) in [4.78, 5) is 51.8. The maximum Gasteiger partial charge on any atom is 0.410 e. The number of carbonyl (C=O) groups excluding carboxylic acids is 2. The third-order valence-corrected chi connectivity index (χ3v) is 19.5. The highest BCUT2D eigenvalue weighted by Gasteiger charge is 2.43. The van der Waals surface area contributed by atoms with E-state index in [0.717, 1.165) is 147 Å².